The number of benzene rings is 2. The van der Waals surface area contributed by atoms with Crippen LogP contribution in [-0.2, 0) is 0 Å². The molecule has 39 heavy (non-hydrogen) atoms. The van der Waals surface area contributed by atoms with E-state index in [4.69, 9.17) is 25.7 Å². The second-order valence-corrected chi connectivity index (χ2v) is 8.91. The summed E-state index contributed by atoms with van der Waals surface area (Å²) in [4.78, 5) is 30.8. The number of aliphatic hydroxyl groups excluding tert-OH is 1. The summed E-state index contributed by atoms with van der Waals surface area (Å²) in [5.41, 5.74) is 6.93. The van der Waals surface area contributed by atoms with Crippen LogP contribution in [0, 0.1) is 11.2 Å². The zero-order valence-corrected chi connectivity index (χ0v) is 21.3. The van der Waals surface area contributed by atoms with Crippen LogP contribution >= 0.6 is 11.3 Å². The Kier molecular flexibility index (Phi) is 8.21. The molecule has 1 unspecified atom stereocenters. The van der Waals surface area contributed by atoms with Crippen LogP contribution < -0.4 is 26.2 Å². The van der Waals surface area contributed by atoms with E-state index in [0.717, 1.165) is 16.0 Å². The first-order valence-electron chi connectivity index (χ1n) is 11.4. The van der Waals surface area contributed by atoms with Crippen molar-refractivity contribution in [2.75, 3.05) is 25.6 Å². The highest BCUT2D eigenvalue weighted by atomic mass is 32.1. The third kappa shape index (κ3) is 5.89. The molecule has 204 valence electrons. The molecule has 0 aliphatic rings. The van der Waals surface area contributed by atoms with Crippen molar-refractivity contribution in [1.29, 1.82) is 5.41 Å². The number of thiazole rings is 1. The number of nitrogens with zero attached hydrogens (tertiary/aromatic N) is 3. The molecule has 2 aromatic heterocycles. The van der Waals surface area contributed by atoms with E-state index >= 15 is 4.39 Å². The molecule has 13 nitrogen and oxygen atoms in total. The fourth-order valence-corrected chi connectivity index (χ4v) is 4.23. The zero-order valence-electron chi connectivity index (χ0n) is 20.5. The Morgan fingerprint density at radius 3 is 2.72 bits per heavy atom. The first-order chi connectivity index (χ1) is 18.7. The van der Waals surface area contributed by atoms with Gasteiger partial charge in [-0.05, 0) is 30.3 Å². The van der Waals surface area contributed by atoms with Gasteiger partial charge in [-0.15, -0.1) is 16.4 Å². The lowest BCUT2D eigenvalue weighted by Gasteiger charge is -2.21. The number of hydrogen-bond donors (Lipinski definition) is 6. The molecule has 15 heteroatoms. The van der Waals surface area contributed by atoms with Gasteiger partial charge in [-0.2, -0.15) is 4.68 Å². The second kappa shape index (κ2) is 11.7. The molecule has 4 aromatic rings. The fraction of sp³-hybridized carbons (Fsp3) is 0.208. The van der Waals surface area contributed by atoms with Crippen LogP contribution in [0.5, 0.6) is 11.5 Å². The van der Waals surface area contributed by atoms with Crippen molar-refractivity contribution in [3.8, 4) is 17.3 Å². The topological polar surface area (TPSA) is 201 Å². The summed E-state index contributed by atoms with van der Waals surface area (Å²) >= 11 is 0.822. The number of amidine groups is 1. The van der Waals surface area contributed by atoms with Gasteiger partial charge in [0, 0.05) is 35.9 Å². The highest BCUT2D eigenvalue weighted by Gasteiger charge is 2.28. The van der Waals surface area contributed by atoms with E-state index < -0.39 is 23.5 Å². The van der Waals surface area contributed by atoms with Gasteiger partial charge in [0.1, 0.15) is 17.6 Å². The molecule has 0 aliphatic heterocycles. The Labute approximate surface area is 224 Å². The van der Waals surface area contributed by atoms with E-state index in [1.54, 1.807) is 24.3 Å². The molecule has 0 saturated heterocycles. The third-order valence-electron chi connectivity index (χ3n) is 5.51. The summed E-state index contributed by atoms with van der Waals surface area (Å²) in [6.45, 7) is -0.107. The second-order valence-electron chi connectivity index (χ2n) is 8.06. The van der Waals surface area contributed by atoms with Gasteiger partial charge < -0.3 is 30.7 Å². The number of carboxylic acid groups (broad SMARTS) is 1. The molecule has 1 atom stereocenters. The van der Waals surface area contributed by atoms with Gasteiger partial charge in [0.05, 0.1) is 19.2 Å². The van der Waals surface area contributed by atoms with Crippen molar-refractivity contribution in [2.45, 2.75) is 12.5 Å². The molecule has 7 N–H and O–H groups in total. The molecule has 0 spiro atoms. The number of aliphatic hydroxyl groups is 1. The molecule has 2 heterocycles. The number of carbonyl (C=O) groups is 1. The summed E-state index contributed by atoms with van der Waals surface area (Å²) in [5.74, 6) is -2.35. The standard InChI is InChI=1S/C24H24FN7O6S/c1-37-14-9-15(17(25)16(10-14)38-8-2-7-33)18(29-13-5-3-12(4-6-13)20(26)27)21-30-24(36)32(31-21)22-19(23(34)35)39-11-28-22/h3-6,9-11,18,29,33H,2,7-8H2,1H3,(H3,26,27)(H,34,35)(H,30,31,36). The Bertz CT molecular complexity index is 1550. The number of nitrogens with one attached hydrogen (secondary N) is 3. The van der Waals surface area contributed by atoms with E-state index in [0.29, 0.717) is 11.3 Å². The van der Waals surface area contributed by atoms with Crippen LogP contribution in [0.25, 0.3) is 5.82 Å². The lowest BCUT2D eigenvalue weighted by Crippen LogP contribution is -2.18. The average molecular weight is 558 g/mol. The number of methoxy groups -OCH3 is 1. The number of aromatic amines is 1. The van der Waals surface area contributed by atoms with E-state index in [2.05, 4.69) is 20.4 Å². The van der Waals surface area contributed by atoms with Gasteiger partial charge in [-0.3, -0.25) is 10.4 Å². The number of carboxylic acids is 1. The molecule has 0 aliphatic carbocycles. The number of halogens is 1. The fourth-order valence-electron chi connectivity index (χ4n) is 3.63. The van der Waals surface area contributed by atoms with Gasteiger partial charge in [-0.1, -0.05) is 0 Å². The molecule has 0 bridgehead atoms. The number of H-pyrrole nitrogens is 1. The number of rotatable bonds is 12. The van der Waals surface area contributed by atoms with E-state index in [9.17, 15) is 14.7 Å². The summed E-state index contributed by atoms with van der Waals surface area (Å²) in [5, 5.41) is 33.5. The van der Waals surface area contributed by atoms with Crippen molar-refractivity contribution in [3.63, 3.8) is 0 Å². The van der Waals surface area contributed by atoms with Crippen molar-refractivity contribution in [2.24, 2.45) is 5.73 Å². The molecule has 0 fully saturated rings. The van der Waals surface area contributed by atoms with Crippen LogP contribution in [0.1, 0.15) is 39.1 Å². The summed E-state index contributed by atoms with van der Waals surface area (Å²) in [7, 11) is 1.39. The van der Waals surface area contributed by atoms with Gasteiger partial charge in [0.2, 0.25) is 0 Å². The minimum absolute atomic E-state index is 0.0124. The minimum atomic E-state index is -1.28. The largest absolute Gasteiger partial charge is 0.497 e. The summed E-state index contributed by atoms with van der Waals surface area (Å²) < 4.78 is 27.5. The van der Waals surface area contributed by atoms with Crippen LogP contribution in [0.2, 0.25) is 0 Å². The Hall–Kier alpha value is -4.76. The van der Waals surface area contributed by atoms with Crippen molar-refractivity contribution < 1.29 is 28.9 Å². The van der Waals surface area contributed by atoms with Gasteiger partial charge in [0.15, 0.2) is 28.1 Å². The predicted octanol–water partition coefficient (Wildman–Crippen LogP) is 2.11. The summed E-state index contributed by atoms with van der Waals surface area (Å²) in [6, 6.07) is 8.01. The molecule has 0 amide bonds. The van der Waals surface area contributed by atoms with Gasteiger partial charge in [-0.25, -0.2) is 19.0 Å². The molecule has 0 saturated carbocycles. The maximum atomic E-state index is 15.8. The number of nitrogen functional groups attached to an aromatic ring is 1. The zero-order chi connectivity index (χ0) is 28.1. The highest BCUT2D eigenvalue weighted by molar-refractivity contribution is 7.12. The first kappa shape index (κ1) is 27.3. The van der Waals surface area contributed by atoms with Crippen LogP contribution in [0.15, 0.2) is 46.7 Å². The van der Waals surface area contributed by atoms with E-state index in [1.807, 2.05) is 0 Å². The Morgan fingerprint density at radius 1 is 1.33 bits per heavy atom. The SMILES string of the molecule is COc1cc(OCCCO)c(F)c(C(Nc2ccc(C(=N)N)cc2)c2nn(-c3ncsc3C(=O)O)c(=O)[nH]2)c1. The number of ether oxygens (including phenoxy) is 2. The number of aromatic nitrogens is 4. The highest BCUT2D eigenvalue weighted by Crippen LogP contribution is 2.35. The van der Waals surface area contributed by atoms with Crippen molar-refractivity contribution >= 4 is 28.8 Å². The lowest BCUT2D eigenvalue weighted by molar-refractivity contribution is 0.0701. The lowest BCUT2D eigenvalue weighted by atomic mass is 10.0. The molecule has 4 rings (SSSR count). The molecule has 2 aromatic carbocycles. The quantitative estimate of drug-likeness (QED) is 0.0851. The minimum Gasteiger partial charge on any atom is -0.497 e. The van der Waals surface area contributed by atoms with Crippen molar-refractivity contribution in [3.05, 3.63) is 80.0 Å². The predicted molar refractivity (Wildman–Crippen MR) is 140 cm³/mol. The normalized spacial score (nSPS) is 11.7. The van der Waals surface area contributed by atoms with Crippen molar-refractivity contribution in [1.82, 2.24) is 19.7 Å². The van der Waals surface area contributed by atoms with E-state index in [-0.39, 0.29) is 59.1 Å². The third-order valence-corrected chi connectivity index (χ3v) is 6.31. The van der Waals surface area contributed by atoms with Crippen LogP contribution in [0.3, 0.4) is 0 Å². The van der Waals surface area contributed by atoms with E-state index in [1.165, 1.54) is 24.8 Å². The average Bonchev–Trinajstić information content (AvgIpc) is 3.55. The van der Waals surface area contributed by atoms with Gasteiger partial charge in [0.25, 0.3) is 0 Å². The van der Waals surface area contributed by atoms with Crippen LogP contribution in [0.4, 0.5) is 10.1 Å². The monoisotopic (exact) mass is 557 g/mol. The van der Waals surface area contributed by atoms with Gasteiger partial charge >= 0.3 is 11.7 Å². The maximum absolute atomic E-state index is 15.8. The molecule has 0 radical (unpaired) electrons. The van der Waals surface area contributed by atoms with Crippen LogP contribution in [-0.4, -0.2) is 62.1 Å². The molecular weight excluding hydrogens is 533 g/mol. The first-order valence-corrected chi connectivity index (χ1v) is 12.3. The summed E-state index contributed by atoms with van der Waals surface area (Å²) in [6.07, 6.45) is 0.271. The number of nitrogens with two attached hydrogens (primary N) is 1. The molecular formula is C24H24FN7O6S. The number of hydrogen-bond acceptors (Lipinski definition) is 10. The maximum Gasteiger partial charge on any atom is 0.349 e. The Morgan fingerprint density at radius 2 is 2.08 bits per heavy atom. The number of aromatic carboxylic acids is 1. The smallest absolute Gasteiger partial charge is 0.349 e. The number of anilines is 1. The Balaban J connectivity index is 1.84.